The highest BCUT2D eigenvalue weighted by molar-refractivity contribution is 7.99. The van der Waals surface area contributed by atoms with Gasteiger partial charge in [-0.05, 0) is 38.9 Å². The topological polar surface area (TPSA) is 33.0 Å². The third kappa shape index (κ3) is 4.34. The molecule has 0 aromatic rings. The van der Waals surface area contributed by atoms with Gasteiger partial charge < -0.3 is 4.74 Å². The van der Waals surface area contributed by atoms with Crippen LogP contribution >= 0.6 is 11.8 Å². The number of hydrogen-bond donors (Lipinski definition) is 0. The van der Waals surface area contributed by atoms with Crippen LogP contribution < -0.4 is 0 Å². The average Bonchev–Trinajstić information content (AvgIpc) is 2.19. The molecule has 0 spiro atoms. The molecule has 0 aromatic heterocycles. The monoisotopic (exact) mass is 213 g/mol. The van der Waals surface area contributed by atoms with Gasteiger partial charge in [-0.1, -0.05) is 0 Å². The molecule has 0 N–H and O–H groups in total. The molecular weight excluding hydrogens is 194 g/mol. The van der Waals surface area contributed by atoms with E-state index in [2.05, 4.69) is 6.07 Å². The maximum Gasteiger partial charge on any atom is 0.0684 e. The molecule has 1 saturated heterocycles. The van der Waals surface area contributed by atoms with Crippen molar-refractivity contribution in [1.82, 2.24) is 0 Å². The van der Waals surface area contributed by atoms with E-state index in [4.69, 9.17) is 10.00 Å². The molecule has 0 unspecified atom stereocenters. The largest absolute Gasteiger partial charge is 0.381 e. The van der Waals surface area contributed by atoms with Crippen LogP contribution in [0.15, 0.2) is 0 Å². The standard InChI is InChI=1S/C11H19NOS/c1-11(2,9-12)5-8-14-10-3-6-13-7-4-10/h10H,3-8H2,1-2H3. The predicted octanol–water partition coefficient (Wildman–Crippen LogP) is 2.84. The quantitative estimate of drug-likeness (QED) is 0.720. The van der Waals surface area contributed by atoms with Crippen molar-refractivity contribution in [3.63, 3.8) is 0 Å². The van der Waals surface area contributed by atoms with Crippen LogP contribution in [0.25, 0.3) is 0 Å². The summed E-state index contributed by atoms with van der Waals surface area (Å²) in [6.45, 7) is 5.85. The molecule has 1 aliphatic rings. The Kier molecular flexibility index (Phi) is 4.77. The van der Waals surface area contributed by atoms with Crippen molar-refractivity contribution in [2.24, 2.45) is 5.41 Å². The minimum absolute atomic E-state index is 0.155. The molecule has 0 amide bonds. The first-order valence-electron chi connectivity index (χ1n) is 5.25. The van der Waals surface area contributed by atoms with Crippen LogP contribution in [0.2, 0.25) is 0 Å². The van der Waals surface area contributed by atoms with Gasteiger partial charge in [-0.3, -0.25) is 0 Å². The fraction of sp³-hybridized carbons (Fsp3) is 0.909. The van der Waals surface area contributed by atoms with Gasteiger partial charge >= 0.3 is 0 Å². The summed E-state index contributed by atoms with van der Waals surface area (Å²) >= 11 is 2.01. The van der Waals surface area contributed by atoms with E-state index in [0.29, 0.717) is 0 Å². The summed E-state index contributed by atoms with van der Waals surface area (Å²) in [6.07, 6.45) is 3.35. The van der Waals surface area contributed by atoms with E-state index in [-0.39, 0.29) is 5.41 Å². The molecule has 0 aromatic carbocycles. The maximum atomic E-state index is 8.85. The molecule has 0 radical (unpaired) electrons. The lowest BCUT2D eigenvalue weighted by atomic mass is 9.93. The van der Waals surface area contributed by atoms with Crippen LogP contribution in [0.1, 0.15) is 33.1 Å². The summed E-state index contributed by atoms with van der Waals surface area (Å²) < 4.78 is 5.30. The average molecular weight is 213 g/mol. The van der Waals surface area contributed by atoms with E-state index in [1.54, 1.807) is 0 Å². The van der Waals surface area contributed by atoms with E-state index in [9.17, 15) is 0 Å². The number of rotatable bonds is 4. The fourth-order valence-electron chi connectivity index (χ4n) is 1.38. The van der Waals surface area contributed by atoms with Crippen LogP contribution in [-0.4, -0.2) is 24.2 Å². The van der Waals surface area contributed by atoms with E-state index >= 15 is 0 Å². The van der Waals surface area contributed by atoms with E-state index < -0.39 is 0 Å². The zero-order valence-electron chi connectivity index (χ0n) is 9.08. The Hall–Kier alpha value is -0.200. The molecule has 0 atom stereocenters. The number of nitrogens with zero attached hydrogens (tertiary/aromatic N) is 1. The van der Waals surface area contributed by atoms with Gasteiger partial charge in [0.25, 0.3) is 0 Å². The van der Waals surface area contributed by atoms with Gasteiger partial charge in [0, 0.05) is 18.5 Å². The lowest BCUT2D eigenvalue weighted by Gasteiger charge is -2.22. The molecule has 1 fully saturated rings. The number of thioether (sulfide) groups is 1. The summed E-state index contributed by atoms with van der Waals surface area (Å²) in [5.74, 6) is 1.10. The van der Waals surface area contributed by atoms with Gasteiger partial charge in [0.1, 0.15) is 0 Å². The lowest BCUT2D eigenvalue weighted by molar-refractivity contribution is 0.1000. The summed E-state index contributed by atoms with van der Waals surface area (Å²) in [5, 5.41) is 9.61. The van der Waals surface area contributed by atoms with Crippen LogP contribution in [-0.2, 0) is 4.74 Å². The molecule has 1 aliphatic heterocycles. The third-order valence-electron chi connectivity index (χ3n) is 2.55. The Morgan fingerprint density at radius 1 is 1.43 bits per heavy atom. The van der Waals surface area contributed by atoms with Crippen LogP contribution in [0.5, 0.6) is 0 Å². The van der Waals surface area contributed by atoms with Crippen molar-refractivity contribution < 1.29 is 4.74 Å². The number of hydrogen-bond acceptors (Lipinski definition) is 3. The predicted molar refractivity (Wildman–Crippen MR) is 60.3 cm³/mol. The Bertz CT molecular complexity index is 204. The van der Waals surface area contributed by atoms with Crippen molar-refractivity contribution in [2.45, 2.75) is 38.4 Å². The Balaban J connectivity index is 2.12. The maximum absolute atomic E-state index is 8.85. The SMILES string of the molecule is CC(C)(C#N)CCSC1CCOCC1. The third-order valence-corrected chi connectivity index (χ3v) is 3.93. The first-order valence-corrected chi connectivity index (χ1v) is 6.29. The Labute approximate surface area is 91.0 Å². The summed E-state index contributed by atoms with van der Waals surface area (Å²) in [4.78, 5) is 0. The highest BCUT2D eigenvalue weighted by atomic mass is 32.2. The van der Waals surface area contributed by atoms with Gasteiger partial charge in [0.05, 0.1) is 11.5 Å². The Morgan fingerprint density at radius 3 is 2.64 bits per heavy atom. The highest BCUT2D eigenvalue weighted by Crippen LogP contribution is 2.27. The second kappa shape index (κ2) is 5.63. The van der Waals surface area contributed by atoms with Crippen molar-refractivity contribution in [1.29, 1.82) is 5.26 Å². The first kappa shape index (κ1) is 11.9. The minimum Gasteiger partial charge on any atom is -0.381 e. The lowest BCUT2D eigenvalue weighted by Crippen LogP contribution is -2.19. The molecule has 1 rings (SSSR count). The van der Waals surface area contributed by atoms with Gasteiger partial charge in [0.15, 0.2) is 0 Å². The van der Waals surface area contributed by atoms with Crippen molar-refractivity contribution >= 4 is 11.8 Å². The molecule has 0 bridgehead atoms. The van der Waals surface area contributed by atoms with Crippen molar-refractivity contribution in [3.8, 4) is 6.07 Å². The van der Waals surface area contributed by atoms with Gasteiger partial charge in [-0.25, -0.2) is 0 Å². The van der Waals surface area contributed by atoms with E-state index in [0.717, 1.165) is 30.6 Å². The Morgan fingerprint density at radius 2 is 2.07 bits per heavy atom. The second-order valence-corrected chi connectivity index (χ2v) is 5.84. The molecule has 2 nitrogen and oxygen atoms in total. The molecule has 0 saturated carbocycles. The fourth-order valence-corrected chi connectivity index (χ4v) is 2.87. The molecule has 3 heteroatoms. The van der Waals surface area contributed by atoms with Crippen molar-refractivity contribution in [3.05, 3.63) is 0 Å². The summed E-state index contributed by atoms with van der Waals surface area (Å²) in [5.41, 5.74) is -0.155. The molecular formula is C11H19NOS. The first-order chi connectivity index (χ1) is 6.64. The summed E-state index contributed by atoms with van der Waals surface area (Å²) in [6, 6.07) is 2.34. The number of nitriles is 1. The minimum atomic E-state index is -0.155. The van der Waals surface area contributed by atoms with Crippen LogP contribution in [0.4, 0.5) is 0 Å². The van der Waals surface area contributed by atoms with E-state index in [1.807, 2.05) is 25.6 Å². The normalized spacial score (nSPS) is 19.2. The molecule has 14 heavy (non-hydrogen) atoms. The van der Waals surface area contributed by atoms with Crippen LogP contribution in [0.3, 0.4) is 0 Å². The molecule has 80 valence electrons. The smallest absolute Gasteiger partial charge is 0.0684 e. The second-order valence-electron chi connectivity index (χ2n) is 4.43. The zero-order valence-corrected chi connectivity index (χ0v) is 9.90. The van der Waals surface area contributed by atoms with E-state index in [1.165, 1.54) is 12.8 Å². The van der Waals surface area contributed by atoms with Crippen molar-refractivity contribution in [2.75, 3.05) is 19.0 Å². The molecule has 0 aliphatic carbocycles. The van der Waals surface area contributed by atoms with Crippen LogP contribution in [0, 0.1) is 16.7 Å². The molecule has 1 heterocycles. The zero-order chi connectivity index (χ0) is 10.4. The summed E-state index contributed by atoms with van der Waals surface area (Å²) in [7, 11) is 0. The van der Waals surface area contributed by atoms with Gasteiger partial charge in [0.2, 0.25) is 0 Å². The van der Waals surface area contributed by atoms with Gasteiger partial charge in [-0.15, -0.1) is 0 Å². The number of ether oxygens (including phenoxy) is 1. The highest BCUT2D eigenvalue weighted by Gasteiger charge is 2.18. The van der Waals surface area contributed by atoms with Gasteiger partial charge in [-0.2, -0.15) is 17.0 Å².